The molecule has 3 aromatic rings. The first-order valence-corrected chi connectivity index (χ1v) is 8.82. The molecule has 2 heterocycles. The van der Waals surface area contributed by atoms with E-state index in [2.05, 4.69) is 17.3 Å². The molecule has 0 aliphatic carbocycles. The highest BCUT2D eigenvalue weighted by molar-refractivity contribution is 6.08. The van der Waals surface area contributed by atoms with Gasteiger partial charge in [0, 0.05) is 24.4 Å². The van der Waals surface area contributed by atoms with E-state index >= 15 is 0 Å². The van der Waals surface area contributed by atoms with Crippen LogP contribution >= 0.6 is 0 Å². The minimum Gasteiger partial charge on any atom is -0.354 e. The molecule has 0 saturated carbocycles. The fraction of sp³-hybridized carbons (Fsp3) is 0.421. The zero-order valence-electron chi connectivity index (χ0n) is 15.0. The first-order valence-electron chi connectivity index (χ1n) is 8.82. The van der Waals surface area contributed by atoms with Gasteiger partial charge in [-0.15, -0.1) is 0 Å². The van der Waals surface area contributed by atoms with Crippen molar-refractivity contribution < 1.29 is 4.79 Å². The highest BCUT2D eigenvalue weighted by Gasteiger charge is 2.25. The molecular formula is C19H24N4O2. The standard InChI is InChI=1S/C19H24N4O2/c1-4-6-11-20-18(24)15(5-2)23-16-10-8-7-9-13(16)14-12-21-22(3)19(25)17(14)23/h7-10,12,15H,4-6,11H2,1-3H3,(H,20,24)/t15-/m1/s1. The molecule has 0 fully saturated rings. The van der Waals surface area contributed by atoms with Gasteiger partial charge in [-0.05, 0) is 18.9 Å². The maximum Gasteiger partial charge on any atom is 0.291 e. The van der Waals surface area contributed by atoms with Crippen molar-refractivity contribution in [3.63, 3.8) is 0 Å². The van der Waals surface area contributed by atoms with Crippen LogP contribution in [0.5, 0.6) is 0 Å². The Hall–Kier alpha value is -2.63. The predicted molar refractivity (Wildman–Crippen MR) is 99.7 cm³/mol. The van der Waals surface area contributed by atoms with Gasteiger partial charge in [0.15, 0.2) is 0 Å². The average molecular weight is 340 g/mol. The summed E-state index contributed by atoms with van der Waals surface area (Å²) in [6.07, 6.45) is 4.29. The van der Waals surface area contributed by atoms with Crippen LogP contribution in [0, 0.1) is 0 Å². The second kappa shape index (κ2) is 7.09. The maximum absolute atomic E-state index is 12.8. The highest BCUT2D eigenvalue weighted by atomic mass is 16.2. The molecule has 0 bridgehead atoms. The van der Waals surface area contributed by atoms with Crippen molar-refractivity contribution >= 4 is 27.7 Å². The fourth-order valence-corrected chi connectivity index (χ4v) is 3.30. The maximum atomic E-state index is 12.8. The summed E-state index contributed by atoms with van der Waals surface area (Å²) in [7, 11) is 1.63. The minimum atomic E-state index is -0.422. The molecule has 0 aliphatic rings. The minimum absolute atomic E-state index is 0.0440. The van der Waals surface area contributed by atoms with E-state index < -0.39 is 6.04 Å². The monoisotopic (exact) mass is 340 g/mol. The summed E-state index contributed by atoms with van der Waals surface area (Å²) in [5, 5.41) is 8.89. The number of nitrogens with zero attached hydrogens (tertiary/aromatic N) is 3. The van der Waals surface area contributed by atoms with Crippen LogP contribution in [0.1, 0.15) is 39.2 Å². The zero-order chi connectivity index (χ0) is 18.0. The smallest absolute Gasteiger partial charge is 0.291 e. The SMILES string of the molecule is CCCCNC(=O)[C@@H](CC)n1c2ccccc2c2cnn(C)c(=O)c21. The zero-order valence-corrected chi connectivity index (χ0v) is 15.0. The molecule has 3 rings (SSSR count). The van der Waals surface area contributed by atoms with Crippen LogP contribution in [0.2, 0.25) is 0 Å². The fourth-order valence-electron chi connectivity index (χ4n) is 3.30. The lowest BCUT2D eigenvalue weighted by Crippen LogP contribution is -2.34. The number of benzene rings is 1. The third kappa shape index (κ3) is 2.92. The van der Waals surface area contributed by atoms with Crippen molar-refractivity contribution in [2.24, 2.45) is 7.05 Å². The van der Waals surface area contributed by atoms with Gasteiger partial charge in [-0.3, -0.25) is 9.59 Å². The van der Waals surface area contributed by atoms with Crippen molar-refractivity contribution in [2.75, 3.05) is 6.54 Å². The molecule has 0 aliphatic heterocycles. The molecule has 25 heavy (non-hydrogen) atoms. The number of fused-ring (bicyclic) bond motifs is 3. The highest BCUT2D eigenvalue weighted by Crippen LogP contribution is 2.30. The number of unbranched alkanes of at least 4 members (excludes halogenated alkanes) is 1. The average Bonchev–Trinajstić information content (AvgIpc) is 2.94. The van der Waals surface area contributed by atoms with Crippen LogP contribution in [-0.2, 0) is 11.8 Å². The van der Waals surface area contributed by atoms with Crippen molar-refractivity contribution in [3.8, 4) is 0 Å². The number of hydrogen-bond acceptors (Lipinski definition) is 3. The van der Waals surface area contributed by atoms with Crippen LogP contribution in [0.15, 0.2) is 35.3 Å². The van der Waals surface area contributed by atoms with Crippen LogP contribution in [0.3, 0.4) is 0 Å². The summed E-state index contributed by atoms with van der Waals surface area (Å²) >= 11 is 0. The van der Waals surface area contributed by atoms with Gasteiger partial charge in [0.1, 0.15) is 11.6 Å². The molecule has 0 unspecified atom stereocenters. The van der Waals surface area contributed by atoms with E-state index in [1.807, 2.05) is 35.8 Å². The largest absolute Gasteiger partial charge is 0.354 e. The lowest BCUT2D eigenvalue weighted by molar-refractivity contribution is -0.124. The van der Waals surface area contributed by atoms with Gasteiger partial charge in [-0.2, -0.15) is 5.10 Å². The number of aromatic nitrogens is 3. The number of nitrogens with one attached hydrogen (secondary N) is 1. The van der Waals surface area contributed by atoms with E-state index in [1.165, 1.54) is 4.68 Å². The molecule has 1 aromatic carbocycles. The Bertz CT molecular complexity index is 971. The molecule has 0 spiro atoms. The summed E-state index contributed by atoms with van der Waals surface area (Å²) in [4.78, 5) is 25.5. The van der Waals surface area contributed by atoms with Crippen molar-refractivity contribution in [1.29, 1.82) is 0 Å². The number of rotatable bonds is 6. The van der Waals surface area contributed by atoms with Crippen molar-refractivity contribution in [1.82, 2.24) is 19.7 Å². The van der Waals surface area contributed by atoms with E-state index in [9.17, 15) is 9.59 Å². The van der Waals surface area contributed by atoms with Crippen LogP contribution in [-0.4, -0.2) is 26.8 Å². The summed E-state index contributed by atoms with van der Waals surface area (Å²) < 4.78 is 3.20. The van der Waals surface area contributed by atoms with Gasteiger partial charge in [0.25, 0.3) is 5.56 Å². The van der Waals surface area contributed by atoms with E-state index in [0.29, 0.717) is 18.5 Å². The summed E-state index contributed by atoms with van der Waals surface area (Å²) in [5.41, 5.74) is 1.24. The number of carbonyl (C=O) groups is 1. The molecule has 0 saturated heterocycles. The Morgan fingerprint density at radius 1 is 1.24 bits per heavy atom. The summed E-state index contributed by atoms with van der Waals surface area (Å²) in [6.45, 7) is 4.71. The molecule has 2 aromatic heterocycles. The normalized spacial score (nSPS) is 12.6. The Balaban J connectivity index is 2.23. The Morgan fingerprint density at radius 3 is 2.72 bits per heavy atom. The second-order valence-corrected chi connectivity index (χ2v) is 6.29. The summed E-state index contributed by atoms with van der Waals surface area (Å²) in [5.74, 6) is -0.0440. The topological polar surface area (TPSA) is 68.9 Å². The lowest BCUT2D eigenvalue weighted by atomic mass is 10.2. The molecular weight excluding hydrogens is 316 g/mol. The Kier molecular flexibility index (Phi) is 4.88. The Morgan fingerprint density at radius 2 is 2.00 bits per heavy atom. The molecule has 0 radical (unpaired) electrons. The van der Waals surface area contributed by atoms with Crippen molar-refractivity contribution in [2.45, 2.75) is 39.2 Å². The van der Waals surface area contributed by atoms with E-state index in [0.717, 1.165) is 29.1 Å². The molecule has 6 nitrogen and oxygen atoms in total. The predicted octanol–water partition coefficient (Wildman–Crippen LogP) is 2.76. The molecule has 132 valence electrons. The van der Waals surface area contributed by atoms with Gasteiger partial charge in [-0.25, -0.2) is 4.68 Å². The molecule has 1 amide bonds. The molecule has 6 heteroatoms. The third-order valence-corrected chi connectivity index (χ3v) is 4.64. The third-order valence-electron chi connectivity index (χ3n) is 4.64. The van der Waals surface area contributed by atoms with Crippen LogP contribution < -0.4 is 10.9 Å². The number of aryl methyl sites for hydroxylation is 1. The van der Waals surface area contributed by atoms with Gasteiger partial charge in [0.2, 0.25) is 5.91 Å². The number of carbonyl (C=O) groups excluding carboxylic acids is 1. The van der Waals surface area contributed by atoms with Gasteiger partial charge < -0.3 is 9.88 Å². The Labute approximate surface area is 146 Å². The molecule has 1 N–H and O–H groups in total. The van der Waals surface area contributed by atoms with Crippen LogP contribution in [0.4, 0.5) is 0 Å². The number of amides is 1. The van der Waals surface area contributed by atoms with Gasteiger partial charge >= 0.3 is 0 Å². The van der Waals surface area contributed by atoms with Gasteiger partial charge in [0.05, 0.1) is 11.7 Å². The first-order chi connectivity index (χ1) is 12.1. The summed E-state index contributed by atoms with van der Waals surface area (Å²) in [6, 6.07) is 7.37. The van der Waals surface area contributed by atoms with Crippen LogP contribution in [0.25, 0.3) is 21.8 Å². The second-order valence-electron chi connectivity index (χ2n) is 6.29. The number of para-hydroxylation sites is 1. The van der Waals surface area contributed by atoms with E-state index in [-0.39, 0.29) is 11.5 Å². The molecule has 1 atom stereocenters. The lowest BCUT2D eigenvalue weighted by Gasteiger charge is -2.19. The van der Waals surface area contributed by atoms with E-state index in [1.54, 1.807) is 13.2 Å². The number of hydrogen-bond donors (Lipinski definition) is 1. The quantitative estimate of drug-likeness (QED) is 0.702. The first kappa shape index (κ1) is 17.2. The van der Waals surface area contributed by atoms with Gasteiger partial charge in [-0.1, -0.05) is 38.5 Å². The van der Waals surface area contributed by atoms with E-state index in [4.69, 9.17) is 0 Å². The van der Waals surface area contributed by atoms with Crippen molar-refractivity contribution in [3.05, 3.63) is 40.8 Å².